The largest absolute Gasteiger partial charge is 0.465 e. The van der Waals surface area contributed by atoms with Crippen LogP contribution in [0.2, 0.25) is 0 Å². The smallest absolute Gasteiger partial charge is 0.338 e. The molecule has 1 aromatic carbocycles. The van der Waals surface area contributed by atoms with Gasteiger partial charge in [-0.05, 0) is 56.3 Å². The van der Waals surface area contributed by atoms with Gasteiger partial charge in [-0.25, -0.2) is 9.78 Å². The summed E-state index contributed by atoms with van der Waals surface area (Å²) in [5.74, 6) is 0.336. The van der Waals surface area contributed by atoms with Crippen LogP contribution >= 0.6 is 0 Å². The van der Waals surface area contributed by atoms with Crippen molar-refractivity contribution in [2.75, 3.05) is 50.1 Å². The molecule has 1 N–H and O–H groups in total. The Bertz CT molecular complexity index is 929. The summed E-state index contributed by atoms with van der Waals surface area (Å²) >= 11 is 0. The first-order valence-electron chi connectivity index (χ1n) is 10.4. The number of hydrogen-bond acceptors (Lipinski definition) is 7. The number of nitrogens with zero attached hydrogens (tertiary/aromatic N) is 3. The zero-order valence-electron chi connectivity index (χ0n) is 18.0. The van der Waals surface area contributed by atoms with Gasteiger partial charge in [0.1, 0.15) is 5.82 Å². The number of methoxy groups -OCH3 is 1. The number of nitrogens with one attached hydrogen (secondary N) is 1. The molecule has 2 heterocycles. The van der Waals surface area contributed by atoms with E-state index in [-0.39, 0.29) is 17.7 Å². The van der Waals surface area contributed by atoms with E-state index in [9.17, 15) is 14.4 Å². The van der Waals surface area contributed by atoms with Gasteiger partial charge in [-0.15, -0.1) is 0 Å². The lowest BCUT2D eigenvalue weighted by Gasteiger charge is -2.23. The van der Waals surface area contributed by atoms with E-state index in [1.54, 1.807) is 42.6 Å². The minimum Gasteiger partial charge on any atom is -0.465 e. The Morgan fingerprint density at radius 1 is 1.03 bits per heavy atom. The third-order valence-electron chi connectivity index (χ3n) is 5.31. The predicted molar refractivity (Wildman–Crippen MR) is 119 cm³/mol. The summed E-state index contributed by atoms with van der Waals surface area (Å²) in [6.45, 7) is 5.50. The van der Waals surface area contributed by atoms with Gasteiger partial charge in [-0.3, -0.25) is 9.59 Å². The summed E-state index contributed by atoms with van der Waals surface area (Å²) < 4.78 is 4.79. The SMILES string of the molecule is COC(=O)c1ccnc(N2CCCN(CCC(=O)Nc3ccc(C(C)=O)cc3)CC2)c1. The topological polar surface area (TPSA) is 91.8 Å². The Morgan fingerprint density at radius 3 is 2.52 bits per heavy atom. The average molecular weight is 425 g/mol. The molecule has 1 aromatic heterocycles. The maximum atomic E-state index is 12.3. The Hall–Kier alpha value is -3.26. The molecule has 8 nitrogen and oxygen atoms in total. The van der Waals surface area contributed by atoms with Crippen LogP contribution in [0.1, 0.15) is 40.5 Å². The van der Waals surface area contributed by atoms with Crippen LogP contribution in [0.3, 0.4) is 0 Å². The van der Waals surface area contributed by atoms with Gasteiger partial charge in [-0.2, -0.15) is 0 Å². The Balaban J connectivity index is 1.48. The van der Waals surface area contributed by atoms with E-state index in [4.69, 9.17) is 4.74 Å². The number of Topliss-reactive ketones (excluding diaryl/α,β-unsaturated/α-hetero) is 1. The number of aromatic nitrogens is 1. The predicted octanol–water partition coefficient (Wildman–Crippen LogP) is 2.61. The van der Waals surface area contributed by atoms with Gasteiger partial charge in [0, 0.05) is 50.0 Å². The van der Waals surface area contributed by atoms with Crippen LogP contribution in [-0.4, -0.2) is 67.4 Å². The molecule has 31 heavy (non-hydrogen) atoms. The van der Waals surface area contributed by atoms with Crippen LogP contribution in [0.25, 0.3) is 0 Å². The molecule has 3 rings (SSSR count). The first-order chi connectivity index (χ1) is 15.0. The van der Waals surface area contributed by atoms with Crippen LogP contribution in [0.4, 0.5) is 11.5 Å². The second-order valence-electron chi connectivity index (χ2n) is 7.51. The highest BCUT2D eigenvalue weighted by Crippen LogP contribution is 2.16. The monoisotopic (exact) mass is 424 g/mol. The van der Waals surface area contributed by atoms with Gasteiger partial charge < -0.3 is 19.9 Å². The molecule has 1 aliphatic heterocycles. The highest BCUT2D eigenvalue weighted by Gasteiger charge is 2.18. The molecule has 1 saturated heterocycles. The van der Waals surface area contributed by atoms with E-state index < -0.39 is 0 Å². The standard InChI is InChI=1S/C23H28N4O4/c1-17(28)18-4-6-20(7-5-18)25-22(29)9-13-26-11-3-12-27(15-14-26)21-16-19(8-10-24-21)23(30)31-2/h4-8,10,16H,3,9,11-15H2,1-2H3,(H,25,29). The molecule has 164 valence electrons. The van der Waals surface area contributed by atoms with E-state index in [0.717, 1.165) is 38.4 Å². The number of carbonyl (C=O) groups is 3. The third kappa shape index (κ3) is 6.36. The van der Waals surface area contributed by atoms with Crippen molar-refractivity contribution in [2.45, 2.75) is 19.8 Å². The fourth-order valence-electron chi connectivity index (χ4n) is 3.53. The number of ketones is 1. The minimum absolute atomic E-state index is 0.000284. The number of carbonyl (C=O) groups excluding carboxylic acids is 3. The van der Waals surface area contributed by atoms with Crippen LogP contribution in [0.15, 0.2) is 42.6 Å². The molecule has 0 bridgehead atoms. The second-order valence-corrected chi connectivity index (χ2v) is 7.51. The van der Waals surface area contributed by atoms with Gasteiger partial charge in [0.25, 0.3) is 0 Å². The summed E-state index contributed by atoms with van der Waals surface area (Å²) in [5.41, 5.74) is 1.80. The van der Waals surface area contributed by atoms with E-state index in [0.29, 0.717) is 29.8 Å². The van der Waals surface area contributed by atoms with E-state index in [1.165, 1.54) is 14.0 Å². The zero-order chi connectivity index (χ0) is 22.2. The van der Waals surface area contributed by atoms with Crippen molar-refractivity contribution in [3.05, 3.63) is 53.7 Å². The van der Waals surface area contributed by atoms with Gasteiger partial charge >= 0.3 is 5.97 Å². The van der Waals surface area contributed by atoms with Crippen molar-refractivity contribution in [1.82, 2.24) is 9.88 Å². The second kappa shape index (κ2) is 10.7. The maximum Gasteiger partial charge on any atom is 0.338 e. The van der Waals surface area contributed by atoms with E-state index in [1.807, 2.05) is 0 Å². The van der Waals surface area contributed by atoms with Crippen molar-refractivity contribution in [3.63, 3.8) is 0 Å². The lowest BCUT2D eigenvalue weighted by molar-refractivity contribution is -0.116. The normalized spacial score (nSPS) is 14.6. The molecule has 1 aliphatic rings. The number of anilines is 2. The van der Waals surface area contributed by atoms with Crippen LogP contribution in [0.5, 0.6) is 0 Å². The third-order valence-corrected chi connectivity index (χ3v) is 5.31. The zero-order valence-corrected chi connectivity index (χ0v) is 18.0. The molecule has 1 amide bonds. The Labute approximate surface area is 182 Å². The summed E-state index contributed by atoms with van der Waals surface area (Å²) in [6.07, 6.45) is 2.96. The fraction of sp³-hybridized carbons (Fsp3) is 0.391. The number of hydrogen-bond donors (Lipinski definition) is 1. The summed E-state index contributed by atoms with van der Waals surface area (Å²) in [5, 5.41) is 2.88. The molecule has 0 aliphatic carbocycles. The molecule has 1 fully saturated rings. The summed E-state index contributed by atoms with van der Waals surface area (Å²) in [4.78, 5) is 44.2. The molecule has 8 heteroatoms. The van der Waals surface area contributed by atoms with Crippen molar-refractivity contribution in [1.29, 1.82) is 0 Å². The quantitative estimate of drug-likeness (QED) is 0.540. The van der Waals surface area contributed by atoms with Gasteiger partial charge in [0.2, 0.25) is 5.91 Å². The first-order valence-corrected chi connectivity index (χ1v) is 10.4. The highest BCUT2D eigenvalue weighted by atomic mass is 16.5. The molecule has 0 radical (unpaired) electrons. The first kappa shape index (κ1) is 22.4. The minimum atomic E-state index is -0.373. The van der Waals surface area contributed by atoms with Gasteiger partial charge in [0.05, 0.1) is 12.7 Å². The van der Waals surface area contributed by atoms with Crippen molar-refractivity contribution < 1.29 is 19.1 Å². The number of ether oxygens (including phenoxy) is 1. The molecular weight excluding hydrogens is 396 g/mol. The number of rotatable bonds is 7. The molecule has 0 unspecified atom stereocenters. The van der Waals surface area contributed by atoms with Crippen molar-refractivity contribution >= 4 is 29.2 Å². The van der Waals surface area contributed by atoms with Crippen molar-refractivity contribution in [2.24, 2.45) is 0 Å². The van der Waals surface area contributed by atoms with E-state index in [2.05, 4.69) is 20.1 Å². The number of pyridine rings is 1. The number of benzene rings is 1. The molecule has 0 saturated carbocycles. The number of esters is 1. The lowest BCUT2D eigenvalue weighted by atomic mass is 10.1. The van der Waals surface area contributed by atoms with Crippen molar-refractivity contribution in [3.8, 4) is 0 Å². The van der Waals surface area contributed by atoms with Crippen LogP contribution in [0, 0.1) is 0 Å². The van der Waals surface area contributed by atoms with Gasteiger partial charge in [0.15, 0.2) is 5.78 Å². The summed E-state index contributed by atoms with van der Waals surface area (Å²) in [6, 6.07) is 10.3. The van der Waals surface area contributed by atoms with Crippen LogP contribution < -0.4 is 10.2 Å². The van der Waals surface area contributed by atoms with Gasteiger partial charge in [-0.1, -0.05) is 0 Å². The maximum absolute atomic E-state index is 12.3. The molecular formula is C23H28N4O4. The van der Waals surface area contributed by atoms with E-state index >= 15 is 0 Å². The summed E-state index contributed by atoms with van der Waals surface area (Å²) in [7, 11) is 1.36. The Kier molecular flexibility index (Phi) is 7.72. The molecule has 0 atom stereocenters. The number of amides is 1. The Morgan fingerprint density at radius 2 is 1.81 bits per heavy atom. The molecule has 0 spiro atoms. The van der Waals surface area contributed by atoms with Crippen LogP contribution in [-0.2, 0) is 9.53 Å². The fourth-order valence-corrected chi connectivity index (χ4v) is 3.53. The molecule has 2 aromatic rings. The highest BCUT2D eigenvalue weighted by molar-refractivity contribution is 5.95. The lowest BCUT2D eigenvalue weighted by Crippen LogP contribution is -2.33. The average Bonchev–Trinajstić information content (AvgIpc) is 3.03.